The van der Waals surface area contributed by atoms with E-state index in [9.17, 15) is 4.79 Å². The molecule has 102 valence electrons. The van der Waals surface area contributed by atoms with Gasteiger partial charge in [-0.25, -0.2) is 9.78 Å². The second-order valence-electron chi connectivity index (χ2n) is 5.43. The van der Waals surface area contributed by atoms with Crippen molar-refractivity contribution in [1.82, 2.24) is 14.7 Å². The van der Waals surface area contributed by atoms with Gasteiger partial charge in [0.2, 0.25) is 0 Å². The second kappa shape index (κ2) is 4.91. The number of ether oxygens (including phenoxy) is 1. The standard InChI is InChI=1S/C14H19N3O2/c1-10-11(9-15-13(18)19-14(2,3)4)17-8-6-5-7-12(17)16-10/h5-8H,9H2,1-4H3,(H,15,18). The number of imidazole rings is 1. The number of amides is 1. The predicted octanol–water partition coefficient (Wildman–Crippen LogP) is 2.67. The minimum Gasteiger partial charge on any atom is -0.444 e. The first-order valence-electron chi connectivity index (χ1n) is 6.26. The first-order chi connectivity index (χ1) is 8.87. The molecule has 0 aliphatic heterocycles. The van der Waals surface area contributed by atoms with Crippen molar-refractivity contribution in [3.8, 4) is 0 Å². The van der Waals surface area contributed by atoms with Crippen LogP contribution in [-0.4, -0.2) is 21.1 Å². The van der Waals surface area contributed by atoms with Gasteiger partial charge >= 0.3 is 6.09 Å². The summed E-state index contributed by atoms with van der Waals surface area (Å²) in [6.07, 6.45) is 1.51. The van der Waals surface area contributed by atoms with E-state index in [1.165, 1.54) is 0 Å². The fraction of sp³-hybridized carbons (Fsp3) is 0.429. The summed E-state index contributed by atoms with van der Waals surface area (Å²) < 4.78 is 7.17. The summed E-state index contributed by atoms with van der Waals surface area (Å²) in [6, 6.07) is 5.81. The Morgan fingerprint density at radius 3 is 2.84 bits per heavy atom. The Morgan fingerprint density at radius 1 is 1.42 bits per heavy atom. The van der Waals surface area contributed by atoms with Crippen molar-refractivity contribution in [2.75, 3.05) is 0 Å². The molecule has 0 unspecified atom stereocenters. The molecule has 2 heterocycles. The number of aromatic nitrogens is 2. The highest BCUT2D eigenvalue weighted by Gasteiger charge is 2.16. The lowest BCUT2D eigenvalue weighted by Gasteiger charge is -2.19. The van der Waals surface area contributed by atoms with Crippen LogP contribution in [0.3, 0.4) is 0 Å². The monoisotopic (exact) mass is 261 g/mol. The number of carbonyl (C=O) groups excluding carboxylic acids is 1. The number of alkyl carbamates (subject to hydrolysis) is 1. The van der Waals surface area contributed by atoms with Gasteiger partial charge in [-0.05, 0) is 39.8 Å². The minimum absolute atomic E-state index is 0.395. The van der Waals surface area contributed by atoms with Crippen LogP contribution in [0.2, 0.25) is 0 Å². The van der Waals surface area contributed by atoms with E-state index in [1.54, 1.807) is 0 Å². The average molecular weight is 261 g/mol. The van der Waals surface area contributed by atoms with Gasteiger partial charge in [-0.3, -0.25) is 0 Å². The van der Waals surface area contributed by atoms with Gasteiger partial charge in [0.05, 0.1) is 17.9 Å². The third kappa shape index (κ3) is 3.24. The van der Waals surface area contributed by atoms with Crippen LogP contribution < -0.4 is 5.32 Å². The van der Waals surface area contributed by atoms with Gasteiger partial charge in [0, 0.05) is 6.20 Å². The molecule has 2 rings (SSSR count). The molecule has 0 radical (unpaired) electrons. The molecule has 0 fully saturated rings. The topological polar surface area (TPSA) is 55.6 Å². The van der Waals surface area contributed by atoms with Crippen molar-refractivity contribution in [1.29, 1.82) is 0 Å². The Labute approximate surface area is 112 Å². The lowest BCUT2D eigenvalue weighted by atomic mass is 10.2. The summed E-state index contributed by atoms with van der Waals surface area (Å²) in [7, 11) is 0. The number of hydrogen-bond donors (Lipinski definition) is 1. The Morgan fingerprint density at radius 2 is 2.16 bits per heavy atom. The fourth-order valence-electron chi connectivity index (χ4n) is 1.85. The number of carbonyl (C=O) groups is 1. The molecule has 19 heavy (non-hydrogen) atoms. The highest BCUT2D eigenvalue weighted by molar-refractivity contribution is 5.67. The number of pyridine rings is 1. The van der Waals surface area contributed by atoms with E-state index in [-0.39, 0.29) is 0 Å². The van der Waals surface area contributed by atoms with Crippen LogP contribution in [-0.2, 0) is 11.3 Å². The van der Waals surface area contributed by atoms with E-state index in [0.29, 0.717) is 6.54 Å². The number of hydrogen-bond acceptors (Lipinski definition) is 3. The normalized spacial score (nSPS) is 11.6. The number of nitrogens with one attached hydrogen (secondary N) is 1. The molecule has 0 aromatic carbocycles. The Bertz CT molecular complexity index is 596. The predicted molar refractivity (Wildman–Crippen MR) is 73.0 cm³/mol. The molecule has 1 N–H and O–H groups in total. The van der Waals surface area contributed by atoms with Crippen molar-refractivity contribution in [3.05, 3.63) is 35.8 Å². The van der Waals surface area contributed by atoms with Crippen LogP contribution in [0.1, 0.15) is 32.2 Å². The van der Waals surface area contributed by atoms with Crippen molar-refractivity contribution >= 4 is 11.7 Å². The van der Waals surface area contributed by atoms with E-state index in [1.807, 2.05) is 56.5 Å². The van der Waals surface area contributed by atoms with Crippen LogP contribution in [0.15, 0.2) is 24.4 Å². The van der Waals surface area contributed by atoms with E-state index >= 15 is 0 Å². The molecule has 0 saturated heterocycles. The van der Waals surface area contributed by atoms with E-state index in [2.05, 4.69) is 10.3 Å². The Hall–Kier alpha value is -2.04. The van der Waals surface area contributed by atoms with Gasteiger partial charge in [-0.15, -0.1) is 0 Å². The molecule has 0 aliphatic rings. The van der Waals surface area contributed by atoms with Crippen LogP contribution in [0.4, 0.5) is 4.79 Å². The third-order valence-electron chi connectivity index (χ3n) is 2.63. The molecule has 0 atom stereocenters. The lowest BCUT2D eigenvalue weighted by Crippen LogP contribution is -2.32. The van der Waals surface area contributed by atoms with Gasteiger partial charge in [0.1, 0.15) is 11.2 Å². The van der Waals surface area contributed by atoms with Crippen molar-refractivity contribution < 1.29 is 9.53 Å². The average Bonchev–Trinajstić information content (AvgIpc) is 2.60. The third-order valence-corrected chi connectivity index (χ3v) is 2.63. The molecule has 1 amide bonds. The molecule has 5 nitrogen and oxygen atoms in total. The molecule has 5 heteroatoms. The molecule has 2 aromatic rings. The van der Waals surface area contributed by atoms with Crippen LogP contribution >= 0.6 is 0 Å². The van der Waals surface area contributed by atoms with Crippen LogP contribution in [0.25, 0.3) is 5.65 Å². The maximum Gasteiger partial charge on any atom is 0.407 e. The summed E-state index contributed by atoms with van der Waals surface area (Å²) in [6.45, 7) is 7.84. The zero-order valence-corrected chi connectivity index (χ0v) is 11.7. The molecule has 0 saturated carbocycles. The number of nitrogens with zero attached hydrogens (tertiary/aromatic N) is 2. The Kier molecular flexibility index (Phi) is 3.46. The van der Waals surface area contributed by atoms with E-state index in [4.69, 9.17) is 4.74 Å². The van der Waals surface area contributed by atoms with Gasteiger partial charge in [-0.1, -0.05) is 6.07 Å². The summed E-state index contributed by atoms with van der Waals surface area (Å²) in [4.78, 5) is 16.1. The summed E-state index contributed by atoms with van der Waals surface area (Å²) >= 11 is 0. The van der Waals surface area contributed by atoms with Gasteiger partial charge in [0.15, 0.2) is 0 Å². The SMILES string of the molecule is Cc1nc2ccccn2c1CNC(=O)OC(C)(C)C. The van der Waals surface area contributed by atoms with Crippen molar-refractivity contribution in [3.63, 3.8) is 0 Å². The second-order valence-corrected chi connectivity index (χ2v) is 5.43. The van der Waals surface area contributed by atoms with Crippen molar-refractivity contribution in [2.45, 2.75) is 39.8 Å². The summed E-state index contributed by atoms with van der Waals surface area (Å²) in [5.74, 6) is 0. The zero-order chi connectivity index (χ0) is 14.0. The molecule has 0 aliphatic carbocycles. The van der Waals surface area contributed by atoms with Crippen LogP contribution in [0, 0.1) is 6.92 Å². The largest absolute Gasteiger partial charge is 0.444 e. The molecule has 0 bridgehead atoms. The number of aryl methyl sites for hydroxylation is 1. The fourth-order valence-corrected chi connectivity index (χ4v) is 1.85. The lowest BCUT2D eigenvalue weighted by molar-refractivity contribution is 0.0523. The van der Waals surface area contributed by atoms with E-state index in [0.717, 1.165) is 17.0 Å². The summed E-state index contributed by atoms with van der Waals surface area (Å²) in [5.41, 5.74) is 2.25. The van der Waals surface area contributed by atoms with Gasteiger partial charge in [0.25, 0.3) is 0 Å². The number of rotatable bonds is 2. The van der Waals surface area contributed by atoms with Gasteiger partial charge < -0.3 is 14.5 Å². The highest BCUT2D eigenvalue weighted by Crippen LogP contribution is 2.12. The van der Waals surface area contributed by atoms with Crippen molar-refractivity contribution in [2.24, 2.45) is 0 Å². The number of fused-ring (bicyclic) bond motifs is 1. The molecule has 2 aromatic heterocycles. The van der Waals surface area contributed by atoms with Crippen LogP contribution in [0.5, 0.6) is 0 Å². The highest BCUT2D eigenvalue weighted by atomic mass is 16.6. The smallest absolute Gasteiger partial charge is 0.407 e. The first-order valence-corrected chi connectivity index (χ1v) is 6.26. The first kappa shape index (κ1) is 13.4. The Balaban J connectivity index is 2.10. The van der Waals surface area contributed by atoms with E-state index < -0.39 is 11.7 Å². The van der Waals surface area contributed by atoms with Gasteiger partial charge in [-0.2, -0.15) is 0 Å². The molecule has 0 spiro atoms. The maximum atomic E-state index is 11.6. The quantitative estimate of drug-likeness (QED) is 0.904. The zero-order valence-electron chi connectivity index (χ0n) is 11.7. The minimum atomic E-state index is -0.487. The maximum absolute atomic E-state index is 11.6. The molecular formula is C14H19N3O2. The summed E-state index contributed by atoms with van der Waals surface area (Å²) in [5, 5.41) is 2.75. The molecular weight excluding hydrogens is 242 g/mol.